The lowest BCUT2D eigenvalue weighted by Crippen LogP contribution is -2.42. The van der Waals surface area contributed by atoms with Crippen molar-refractivity contribution in [1.29, 1.82) is 0 Å². The Balaban J connectivity index is 1.49. The first kappa shape index (κ1) is 18.4. The number of fused-ring (bicyclic) bond motifs is 1. The summed E-state index contributed by atoms with van der Waals surface area (Å²) >= 11 is 0. The molecule has 0 aliphatic carbocycles. The van der Waals surface area contributed by atoms with E-state index in [0.717, 1.165) is 29.5 Å². The third-order valence-corrected chi connectivity index (χ3v) is 5.37. The Morgan fingerprint density at radius 1 is 1.14 bits per heavy atom. The van der Waals surface area contributed by atoms with Crippen LogP contribution >= 0.6 is 0 Å². The molecule has 2 aromatic heterocycles. The van der Waals surface area contributed by atoms with Crippen LogP contribution in [0.1, 0.15) is 41.1 Å². The molecule has 3 heterocycles. The third-order valence-electron chi connectivity index (χ3n) is 5.37. The number of aryl methyl sites for hydroxylation is 4. The number of nitrogens with zero attached hydrogens (tertiary/aromatic N) is 6. The van der Waals surface area contributed by atoms with Crippen LogP contribution in [0.5, 0.6) is 0 Å². The van der Waals surface area contributed by atoms with Crippen molar-refractivity contribution in [3.63, 3.8) is 0 Å². The summed E-state index contributed by atoms with van der Waals surface area (Å²) in [4.78, 5) is 14.9. The molecule has 28 heavy (non-hydrogen) atoms. The maximum Gasteiger partial charge on any atom is 0.224 e. The first-order chi connectivity index (χ1) is 13.5. The lowest BCUT2D eigenvalue weighted by atomic mass is 10.0. The van der Waals surface area contributed by atoms with Crippen molar-refractivity contribution >= 4 is 5.91 Å². The van der Waals surface area contributed by atoms with E-state index in [1.54, 1.807) is 0 Å². The smallest absolute Gasteiger partial charge is 0.224 e. The molecule has 0 unspecified atom stereocenters. The molecule has 0 N–H and O–H groups in total. The van der Waals surface area contributed by atoms with E-state index in [9.17, 15) is 4.79 Å². The van der Waals surface area contributed by atoms with E-state index < -0.39 is 0 Å². The van der Waals surface area contributed by atoms with E-state index in [-0.39, 0.29) is 11.9 Å². The molecule has 3 aromatic rings. The molecule has 1 atom stereocenters. The van der Waals surface area contributed by atoms with Gasteiger partial charge in [-0.1, -0.05) is 30.3 Å². The van der Waals surface area contributed by atoms with Gasteiger partial charge in [-0.15, -0.1) is 10.2 Å². The zero-order valence-corrected chi connectivity index (χ0v) is 16.7. The van der Waals surface area contributed by atoms with Gasteiger partial charge in [-0.05, 0) is 38.8 Å². The van der Waals surface area contributed by atoms with Crippen molar-refractivity contribution < 1.29 is 4.79 Å². The van der Waals surface area contributed by atoms with E-state index in [0.29, 0.717) is 26.1 Å². The van der Waals surface area contributed by atoms with Gasteiger partial charge in [0.25, 0.3) is 0 Å². The Bertz CT molecular complexity index is 974. The Kier molecular flexibility index (Phi) is 4.98. The van der Waals surface area contributed by atoms with Gasteiger partial charge >= 0.3 is 0 Å². The summed E-state index contributed by atoms with van der Waals surface area (Å²) < 4.78 is 4.10. The first-order valence-corrected chi connectivity index (χ1v) is 9.74. The van der Waals surface area contributed by atoms with Gasteiger partial charge in [-0.3, -0.25) is 9.48 Å². The number of amides is 1. The Morgan fingerprint density at radius 3 is 2.64 bits per heavy atom. The van der Waals surface area contributed by atoms with E-state index in [4.69, 9.17) is 0 Å². The minimum absolute atomic E-state index is 0.137. The lowest BCUT2D eigenvalue weighted by Gasteiger charge is -2.34. The molecule has 1 aliphatic heterocycles. The van der Waals surface area contributed by atoms with Crippen LogP contribution in [-0.2, 0) is 24.3 Å². The second-order valence-corrected chi connectivity index (χ2v) is 7.55. The second kappa shape index (κ2) is 7.58. The lowest BCUT2D eigenvalue weighted by molar-refractivity contribution is -0.133. The molecule has 1 amide bonds. The molecule has 0 bridgehead atoms. The van der Waals surface area contributed by atoms with Gasteiger partial charge in [0.1, 0.15) is 5.82 Å². The molecule has 7 heteroatoms. The molecule has 7 nitrogen and oxygen atoms in total. The molecular weight excluding hydrogens is 352 g/mol. The van der Waals surface area contributed by atoms with E-state index in [2.05, 4.69) is 44.1 Å². The van der Waals surface area contributed by atoms with Gasteiger partial charge in [-0.2, -0.15) is 5.10 Å². The van der Waals surface area contributed by atoms with Crippen molar-refractivity contribution in [1.82, 2.24) is 29.4 Å². The predicted octanol–water partition coefficient (Wildman–Crippen LogP) is 2.62. The largest absolute Gasteiger partial charge is 0.333 e. The van der Waals surface area contributed by atoms with E-state index in [1.807, 2.05) is 42.5 Å². The minimum Gasteiger partial charge on any atom is -0.333 e. The molecule has 0 radical (unpaired) electrons. The minimum atomic E-state index is 0.137. The Hall–Kier alpha value is -2.96. The number of aromatic nitrogens is 5. The van der Waals surface area contributed by atoms with Crippen molar-refractivity contribution in [2.24, 2.45) is 0 Å². The maximum absolute atomic E-state index is 12.9. The van der Waals surface area contributed by atoms with Crippen molar-refractivity contribution in [2.75, 3.05) is 6.54 Å². The van der Waals surface area contributed by atoms with Crippen LogP contribution in [0.3, 0.4) is 0 Å². The average molecular weight is 378 g/mol. The van der Waals surface area contributed by atoms with Crippen LogP contribution in [0.4, 0.5) is 0 Å². The van der Waals surface area contributed by atoms with Crippen LogP contribution in [0, 0.1) is 20.8 Å². The number of carbonyl (C=O) groups is 1. The fourth-order valence-electron chi connectivity index (χ4n) is 4.06. The number of hydrogen-bond acceptors (Lipinski definition) is 4. The standard InChI is InChI=1S/C21H26N6O/c1-15-11-16(2)26(24-15)10-9-21(28)25-13-19(12-18-7-5-4-6-8-18)27-17(3)22-23-20(27)14-25/h4-8,11,19H,9-10,12-14H2,1-3H3/t19-/m1/s1. The summed E-state index contributed by atoms with van der Waals surface area (Å²) in [6.45, 7) is 7.77. The quantitative estimate of drug-likeness (QED) is 0.684. The fourth-order valence-corrected chi connectivity index (χ4v) is 4.06. The maximum atomic E-state index is 12.9. The van der Waals surface area contributed by atoms with Crippen molar-refractivity contribution in [3.8, 4) is 0 Å². The van der Waals surface area contributed by atoms with Gasteiger partial charge in [0, 0.05) is 25.2 Å². The molecule has 146 valence electrons. The summed E-state index contributed by atoms with van der Waals surface area (Å²) in [5.41, 5.74) is 3.32. The molecule has 0 saturated heterocycles. The second-order valence-electron chi connectivity index (χ2n) is 7.55. The highest BCUT2D eigenvalue weighted by atomic mass is 16.2. The third kappa shape index (κ3) is 3.69. The normalized spacial score (nSPS) is 16.2. The topological polar surface area (TPSA) is 68.8 Å². The number of carbonyl (C=O) groups excluding carboxylic acids is 1. The molecule has 0 spiro atoms. The van der Waals surface area contributed by atoms with E-state index >= 15 is 0 Å². The highest BCUT2D eigenvalue weighted by molar-refractivity contribution is 5.76. The van der Waals surface area contributed by atoms with Gasteiger partial charge in [-0.25, -0.2) is 0 Å². The van der Waals surface area contributed by atoms with E-state index in [1.165, 1.54) is 5.56 Å². The van der Waals surface area contributed by atoms with Crippen LogP contribution in [0.25, 0.3) is 0 Å². The summed E-state index contributed by atoms with van der Waals surface area (Å²) in [7, 11) is 0. The van der Waals surface area contributed by atoms with Gasteiger partial charge in [0.05, 0.1) is 18.3 Å². The molecule has 0 saturated carbocycles. The van der Waals surface area contributed by atoms with Crippen LogP contribution < -0.4 is 0 Å². The van der Waals surface area contributed by atoms with Crippen LogP contribution in [0.2, 0.25) is 0 Å². The van der Waals surface area contributed by atoms with Crippen LogP contribution in [-0.4, -0.2) is 41.9 Å². The fraction of sp³-hybridized carbons (Fsp3) is 0.429. The summed E-state index contributed by atoms with van der Waals surface area (Å²) in [6, 6.07) is 12.6. The predicted molar refractivity (Wildman–Crippen MR) is 106 cm³/mol. The Labute approximate surface area is 165 Å². The summed E-state index contributed by atoms with van der Waals surface area (Å²) in [6.07, 6.45) is 1.29. The highest BCUT2D eigenvalue weighted by Crippen LogP contribution is 2.25. The van der Waals surface area contributed by atoms with Gasteiger partial charge in [0.2, 0.25) is 5.91 Å². The summed E-state index contributed by atoms with van der Waals surface area (Å²) in [5.74, 6) is 1.91. The SMILES string of the molecule is Cc1cc(C)n(CCC(=O)N2Cc3nnc(C)n3[C@H](Cc3ccccc3)C2)n1. The highest BCUT2D eigenvalue weighted by Gasteiger charge is 2.30. The molecule has 1 aliphatic rings. The number of hydrogen-bond donors (Lipinski definition) is 0. The molecular formula is C21H26N6O. The van der Waals surface area contributed by atoms with Crippen LogP contribution in [0.15, 0.2) is 36.4 Å². The zero-order valence-electron chi connectivity index (χ0n) is 16.7. The molecule has 0 fully saturated rings. The zero-order chi connectivity index (χ0) is 19.7. The number of rotatable bonds is 5. The summed E-state index contributed by atoms with van der Waals surface area (Å²) in [5, 5.41) is 13.0. The monoisotopic (exact) mass is 378 g/mol. The van der Waals surface area contributed by atoms with Gasteiger partial charge in [0.15, 0.2) is 5.82 Å². The molecule has 4 rings (SSSR count). The first-order valence-electron chi connectivity index (χ1n) is 9.74. The van der Waals surface area contributed by atoms with Crippen molar-refractivity contribution in [3.05, 3.63) is 65.0 Å². The molecule has 1 aromatic carbocycles. The number of benzene rings is 1. The average Bonchev–Trinajstić information content (AvgIpc) is 3.22. The van der Waals surface area contributed by atoms with Gasteiger partial charge < -0.3 is 9.47 Å². The van der Waals surface area contributed by atoms with Crippen molar-refractivity contribution in [2.45, 2.75) is 52.7 Å². The Morgan fingerprint density at radius 2 is 1.93 bits per heavy atom.